The van der Waals surface area contributed by atoms with Crippen LogP contribution in [-0.4, -0.2) is 80.6 Å². The third-order valence-electron chi connectivity index (χ3n) is 12.4. The molecule has 366 valence electrons. The van der Waals surface area contributed by atoms with E-state index < -0.39 is 18.1 Å². The summed E-state index contributed by atoms with van der Waals surface area (Å²) in [5.74, 6) is -1.45. The molecular weight excluding hydrogens is 775 g/mol. The van der Waals surface area contributed by atoms with Crippen LogP contribution in [0.3, 0.4) is 0 Å². The molecule has 2 unspecified atom stereocenters. The van der Waals surface area contributed by atoms with E-state index in [0.29, 0.717) is 19.3 Å². The first-order valence-electron chi connectivity index (χ1n) is 26.7. The van der Waals surface area contributed by atoms with Crippen molar-refractivity contribution >= 4 is 17.9 Å². The van der Waals surface area contributed by atoms with E-state index in [1.54, 1.807) is 0 Å². The number of esters is 2. The predicted octanol–water partition coefficient (Wildman–Crippen LogP) is 15.4. The Bertz CT molecular complexity index is 1020. The van der Waals surface area contributed by atoms with Gasteiger partial charge in [-0.1, -0.05) is 219 Å². The molecule has 0 saturated carbocycles. The molecule has 0 spiro atoms. The highest BCUT2D eigenvalue weighted by molar-refractivity contribution is 5.72. The maximum atomic E-state index is 12.8. The second-order valence-corrected chi connectivity index (χ2v) is 19.5. The van der Waals surface area contributed by atoms with Crippen molar-refractivity contribution in [2.75, 3.05) is 41.0 Å². The molecule has 2 atom stereocenters. The summed E-state index contributed by atoms with van der Waals surface area (Å²) in [6, 6.07) is -0.612. The molecule has 0 aromatic rings. The van der Waals surface area contributed by atoms with E-state index >= 15 is 0 Å². The second-order valence-electron chi connectivity index (χ2n) is 19.5. The Morgan fingerprint density at radius 3 is 1.16 bits per heavy atom. The molecule has 8 heteroatoms. The molecule has 0 aliphatic rings. The molecular formula is C54H104NO7+. The molecule has 8 nitrogen and oxygen atoms in total. The number of hydrogen-bond donors (Lipinski definition) is 1. The van der Waals surface area contributed by atoms with E-state index in [4.69, 9.17) is 14.2 Å². The Balaban J connectivity index is 4.19. The molecule has 0 aliphatic carbocycles. The number of likely N-dealkylation sites (N-methyl/N-ethyl adjacent to an activating group) is 1. The first-order chi connectivity index (χ1) is 30.1. The topological polar surface area (TPSA) is 99.1 Å². The average Bonchev–Trinajstić information content (AvgIpc) is 3.23. The van der Waals surface area contributed by atoms with Crippen molar-refractivity contribution in [2.45, 2.75) is 276 Å². The minimum Gasteiger partial charge on any atom is -0.477 e. The Morgan fingerprint density at radius 2 is 0.806 bits per heavy atom. The van der Waals surface area contributed by atoms with Crippen LogP contribution in [0.5, 0.6) is 0 Å². The van der Waals surface area contributed by atoms with Gasteiger partial charge in [0.25, 0.3) is 0 Å². The van der Waals surface area contributed by atoms with E-state index in [9.17, 15) is 19.5 Å². The number of rotatable bonds is 49. The molecule has 62 heavy (non-hydrogen) atoms. The molecule has 0 fully saturated rings. The normalized spacial score (nSPS) is 12.9. The number of quaternary nitrogens is 1. The van der Waals surface area contributed by atoms with Gasteiger partial charge in [-0.05, 0) is 38.5 Å². The van der Waals surface area contributed by atoms with E-state index in [-0.39, 0.29) is 36.2 Å². The van der Waals surface area contributed by atoms with Crippen LogP contribution < -0.4 is 0 Å². The van der Waals surface area contributed by atoms with Crippen molar-refractivity contribution in [1.82, 2.24) is 0 Å². The molecule has 0 bridgehead atoms. The third kappa shape index (κ3) is 43.3. The average molecular weight is 879 g/mol. The van der Waals surface area contributed by atoms with Crippen molar-refractivity contribution in [3.05, 3.63) is 12.2 Å². The molecule has 0 heterocycles. The minimum absolute atomic E-state index is 0.0487. The number of allylic oxidation sites excluding steroid dienone is 2. The van der Waals surface area contributed by atoms with Gasteiger partial charge in [0, 0.05) is 19.3 Å². The van der Waals surface area contributed by atoms with Crippen molar-refractivity contribution in [3.8, 4) is 0 Å². The van der Waals surface area contributed by atoms with Crippen LogP contribution in [0.15, 0.2) is 12.2 Å². The van der Waals surface area contributed by atoms with E-state index in [1.807, 2.05) is 21.1 Å². The van der Waals surface area contributed by atoms with Crippen LogP contribution in [0.25, 0.3) is 0 Å². The summed E-state index contributed by atoms with van der Waals surface area (Å²) in [5.41, 5.74) is 0. The van der Waals surface area contributed by atoms with Crippen molar-refractivity contribution < 1.29 is 38.2 Å². The first-order valence-corrected chi connectivity index (χ1v) is 26.7. The highest BCUT2D eigenvalue weighted by atomic mass is 16.6. The lowest BCUT2D eigenvalue weighted by atomic mass is 10.0. The SMILES string of the molecule is CCCCCCCCCCC/C=C/CCCCCCCC(=O)OCC(COCCC(C(=O)O)[N+](C)(C)C)OC(=O)CCCCCCCCCCCCCCCCCCCCCC. The summed E-state index contributed by atoms with van der Waals surface area (Å²) in [6.45, 7) is 4.78. The number of ether oxygens (including phenoxy) is 3. The molecule has 0 aromatic heterocycles. The molecule has 0 rings (SSSR count). The van der Waals surface area contributed by atoms with Crippen LogP contribution in [0.4, 0.5) is 0 Å². The predicted molar refractivity (Wildman–Crippen MR) is 262 cm³/mol. The molecule has 1 N–H and O–H groups in total. The third-order valence-corrected chi connectivity index (χ3v) is 12.4. The maximum Gasteiger partial charge on any atom is 0.362 e. The summed E-state index contributed by atoms with van der Waals surface area (Å²) < 4.78 is 17.4. The Hall–Kier alpha value is -1.93. The fourth-order valence-electron chi connectivity index (χ4n) is 8.27. The van der Waals surface area contributed by atoms with Gasteiger partial charge in [0.1, 0.15) is 6.61 Å². The smallest absolute Gasteiger partial charge is 0.362 e. The van der Waals surface area contributed by atoms with Crippen molar-refractivity contribution in [2.24, 2.45) is 0 Å². The number of unbranched alkanes of at least 4 members (excludes halogenated alkanes) is 33. The molecule has 0 amide bonds. The minimum atomic E-state index is -0.871. The van der Waals surface area contributed by atoms with Gasteiger partial charge < -0.3 is 23.8 Å². The molecule has 0 aliphatic heterocycles. The van der Waals surface area contributed by atoms with Gasteiger partial charge in [-0.25, -0.2) is 4.79 Å². The van der Waals surface area contributed by atoms with Gasteiger partial charge in [0.05, 0.1) is 34.4 Å². The van der Waals surface area contributed by atoms with E-state index in [1.165, 1.54) is 186 Å². The maximum absolute atomic E-state index is 12.8. The standard InChI is InChI=1S/C54H103NO7/c1-6-8-10-12-14-16-18-20-22-24-26-27-29-31-33-35-37-39-41-43-45-53(57)62-50(48-60-47-46-51(54(58)59)55(3,4)5)49-61-52(56)44-42-40-38-36-34-32-30-28-25-23-21-19-17-15-13-11-9-7-2/h28,30,50-51H,6-27,29,31-49H2,1-5H3/p+1/b30-28+. The largest absolute Gasteiger partial charge is 0.477 e. The number of carboxylic acids is 1. The molecule has 0 radical (unpaired) electrons. The van der Waals surface area contributed by atoms with Gasteiger partial charge in [0.2, 0.25) is 0 Å². The van der Waals surface area contributed by atoms with Gasteiger partial charge in [0.15, 0.2) is 12.1 Å². The number of carbonyl (C=O) groups excluding carboxylic acids is 2. The number of nitrogens with zero attached hydrogens (tertiary/aromatic N) is 1. The van der Waals surface area contributed by atoms with Crippen molar-refractivity contribution in [3.63, 3.8) is 0 Å². The molecule has 0 aromatic carbocycles. The number of carbonyl (C=O) groups is 3. The zero-order chi connectivity index (χ0) is 45.6. The van der Waals surface area contributed by atoms with Gasteiger partial charge in [-0.15, -0.1) is 0 Å². The summed E-state index contributed by atoms with van der Waals surface area (Å²) in [7, 11) is 5.55. The van der Waals surface area contributed by atoms with Crippen LogP contribution in [0, 0.1) is 0 Å². The highest BCUT2D eigenvalue weighted by Crippen LogP contribution is 2.17. The lowest BCUT2D eigenvalue weighted by molar-refractivity contribution is -0.887. The molecule has 0 saturated heterocycles. The Labute approximate surface area is 384 Å². The Morgan fingerprint density at radius 1 is 0.468 bits per heavy atom. The number of hydrogen-bond acceptors (Lipinski definition) is 6. The quantitative estimate of drug-likeness (QED) is 0.0281. The summed E-state index contributed by atoms with van der Waals surface area (Å²) in [4.78, 5) is 37.2. The Kier molecular flexibility index (Phi) is 44.2. The number of aliphatic carboxylic acids is 1. The summed E-state index contributed by atoms with van der Waals surface area (Å²) in [6.07, 6.45) is 51.2. The van der Waals surface area contributed by atoms with E-state index in [0.717, 1.165) is 44.9 Å². The van der Waals surface area contributed by atoms with Crippen molar-refractivity contribution in [1.29, 1.82) is 0 Å². The zero-order valence-corrected chi connectivity index (χ0v) is 41.9. The van der Waals surface area contributed by atoms with Gasteiger partial charge >= 0.3 is 17.9 Å². The van der Waals surface area contributed by atoms with Gasteiger partial charge in [-0.3, -0.25) is 9.59 Å². The van der Waals surface area contributed by atoms with E-state index in [2.05, 4.69) is 26.0 Å². The van der Waals surface area contributed by atoms with Crippen LogP contribution in [-0.2, 0) is 28.6 Å². The lowest BCUT2D eigenvalue weighted by Crippen LogP contribution is -2.50. The fourth-order valence-corrected chi connectivity index (χ4v) is 8.27. The first kappa shape index (κ1) is 60.1. The zero-order valence-electron chi connectivity index (χ0n) is 41.9. The second kappa shape index (κ2) is 45.6. The number of carboxylic acid groups (broad SMARTS) is 1. The van der Waals surface area contributed by atoms with Gasteiger partial charge in [-0.2, -0.15) is 0 Å². The van der Waals surface area contributed by atoms with Crippen LogP contribution in [0.2, 0.25) is 0 Å². The summed E-state index contributed by atoms with van der Waals surface area (Å²) >= 11 is 0. The fraction of sp³-hybridized carbons (Fsp3) is 0.907. The highest BCUT2D eigenvalue weighted by Gasteiger charge is 2.31. The van der Waals surface area contributed by atoms with Crippen LogP contribution >= 0.6 is 0 Å². The van der Waals surface area contributed by atoms with Crippen LogP contribution in [0.1, 0.15) is 264 Å². The lowest BCUT2D eigenvalue weighted by Gasteiger charge is -2.31. The monoisotopic (exact) mass is 879 g/mol. The summed E-state index contributed by atoms with van der Waals surface area (Å²) in [5, 5.41) is 9.66.